The van der Waals surface area contributed by atoms with Gasteiger partial charge in [-0.2, -0.15) is 0 Å². The molecule has 6 heteroatoms. The Morgan fingerprint density at radius 3 is 1.63 bits per heavy atom. The van der Waals surface area contributed by atoms with Crippen molar-refractivity contribution in [2.24, 2.45) is 0 Å². The number of furan rings is 1. The van der Waals surface area contributed by atoms with Crippen LogP contribution < -0.4 is 0 Å². The van der Waals surface area contributed by atoms with Gasteiger partial charge in [0.15, 0.2) is 17.5 Å². The number of benzene rings is 7. The first kappa shape index (κ1) is 28.2. The van der Waals surface area contributed by atoms with Gasteiger partial charge >= 0.3 is 0 Å². The molecule has 0 amide bonds. The van der Waals surface area contributed by atoms with E-state index >= 15 is 0 Å². The number of hydrogen-bond donors (Lipinski definition) is 0. The summed E-state index contributed by atoms with van der Waals surface area (Å²) in [5.74, 6) is 1.87. The number of rotatable bonds is 4. The summed E-state index contributed by atoms with van der Waals surface area (Å²) in [5.41, 5.74) is 8.03. The number of aromatic nitrogens is 4. The third kappa shape index (κ3) is 4.30. The minimum atomic E-state index is 0.605. The lowest BCUT2D eigenvalue weighted by Gasteiger charge is -2.09. The second-order valence-corrected chi connectivity index (χ2v) is 13.8. The van der Waals surface area contributed by atoms with Crippen LogP contribution in [-0.4, -0.2) is 19.5 Å². The molecule has 11 rings (SSSR count). The van der Waals surface area contributed by atoms with Crippen LogP contribution in [0, 0.1) is 0 Å². The van der Waals surface area contributed by atoms with Crippen molar-refractivity contribution in [3.8, 4) is 39.9 Å². The highest BCUT2D eigenvalue weighted by molar-refractivity contribution is 7.27. The maximum atomic E-state index is 6.60. The maximum Gasteiger partial charge on any atom is 0.164 e. The van der Waals surface area contributed by atoms with Gasteiger partial charge in [-0.3, -0.25) is 0 Å². The van der Waals surface area contributed by atoms with Gasteiger partial charge in [-0.1, -0.05) is 115 Å². The molecule has 7 aromatic carbocycles. The van der Waals surface area contributed by atoms with Crippen LogP contribution in [-0.2, 0) is 0 Å². The first-order valence-corrected chi connectivity index (χ1v) is 17.8. The summed E-state index contributed by atoms with van der Waals surface area (Å²) >= 11 is 1.84. The van der Waals surface area contributed by atoms with Gasteiger partial charge in [0.2, 0.25) is 0 Å². The van der Waals surface area contributed by atoms with Gasteiger partial charge in [0, 0.05) is 53.7 Å². The zero-order chi connectivity index (χ0) is 33.5. The molecule has 11 aromatic rings. The molecule has 0 bridgehead atoms. The summed E-state index contributed by atoms with van der Waals surface area (Å²) in [6, 6.07) is 54.8. The van der Waals surface area contributed by atoms with Crippen molar-refractivity contribution in [3.63, 3.8) is 0 Å². The van der Waals surface area contributed by atoms with E-state index in [2.05, 4.69) is 102 Å². The number of hydrogen-bond acceptors (Lipinski definition) is 5. The Hall–Kier alpha value is -6.63. The van der Waals surface area contributed by atoms with Crippen molar-refractivity contribution >= 4 is 75.3 Å². The molecule has 0 N–H and O–H groups in total. The molecule has 0 aliphatic carbocycles. The molecule has 4 heterocycles. The van der Waals surface area contributed by atoms with Gasteiger partial charge in [-0.25, -0.2) is 15.0 Å². The van der Waals surface area contributed by atoms with Crippen LogP contribution in [0.15, 0.2) is 162 Å². The van der Waals surface area contributed by atoms with Crippen LogP contribution in [0.1, 0.15) is 0 Å². The normalized spacial score (nSPS) is 11.9. The molecule has 0 spiro atoms. The first-order chi connectivity index (χ1) is 25.3. The molecular weight excluding hydrogens is 645 g/mol. The molecule has 0 aliphatic rings. The van der Waals surface area contributed by atoms with E-state index in [1.807, 2.05) is 72.0 Å². The minimum Gasteiger partial charge on any atom is -0.456 e. The van der Waals surface area contributed by atoms with E-state index in [-0.39, 0.29) is 0 Å². The van der Waals surface area contributed by atoms with Crippen LogP contribution in [0.3, 0.4) is 0 Å². The SMILES string of the molecule is c1ccc(-c2nc(-c3ccccc3)nc(-c3ccc4c(c3)oc3ccc5c6cccc(-n7c8ccccc8c8ccccc87)c6sc5c34)n2)cc1. The van der Waals surface area contributed by atoms with E-state index in [1.54, 1.807) is 0 Å². The first-order valence-electron chi connectivity index (χ1n) is 16.9. The Kier molecular flexibility index (Phi) is 6.05. The summed E-state index contributed by atoms with van der Waals surface area (Å²) in [7, 11) is 0. The molecule has 238 valence electrons. The number of fused-ring (bicyclic) bond motifs is 10. The highest BCUT2D eigenvalue weighted by Crippen LogP contribution is 2.45. The monoisotopic (exact) mass is 670 g/mol. The molecule has 0 saturated heterocycles. The third-order valence-electron chi connectivity index (χ3n) is 9.86. The van der Waals surface area contributed by atoms with Gasteiger partial charge in [0.1, 0.15) is 11.2 Å². The lowest BCUT2D eigenvalue weighted by molar-refractivity contribution is 0.669. The number of thiophene rings is 1. The Balaban J connectivity index is 1.11. The minimum absolute atomic E-state index is 0.605. The molecule has 5 nitrogen and oxygen atoms in total. The topological polar surface area (TPSA) is 56.7 Å². The largest absolute Gasteiger partial charge is 0.456 e. The summed E-state index contributed by atoms with van der Waals surface area (Å²) in [5, 5.41) is 7.20. The summed E-state index contributed by atoms with van der Waals surface area (Å²) in [6.45, 7) is 0. The fourth-order valence-electron chi connectivity index (χ4n) is 7.54. The average Bonchev–Trinajstić information content (AvgIpc) is 3.87. The number of nitrogens with zero attached hydrogens (tertiary/aromatic N) is 4. The fourth-order valence-corrected chi connectivity index (χ4v) is 8.89. The highest BCUT2D eigenvalue weighted by atomic mass is 32.1. The fraction of sp³-hybridized carbons (Fsp3) is 0. The van der Waals surface area contributed by atoms with Crippen LogP contribution in [0.4, 0.5) is 0 Å². The zero-order valence-corrected chi connectivity index (χ0v) is 27.9. The smallest absolute Gasteiger partial charge is 0.164 e. The van der Waals surface area contributed by atoms with Crippen molar-refractivity contribution in [2.75, 3.05) is 0 Å². The molecule has 0 fully saturated rings. The van der Waals surface area contributed by atoms with E-state index < -0.39 is 0 Å². The average molecular weight is 671 g/mol. The van der Waals surface area contributed by atoms with E-state index in [1.165, 1.54) is 47.7 Å². The van der Waals surface area contributed by atoms with Crippen LogP contribution in [0.5, 0.6) is 0 Å². The van der Waals surface area contributed by atoms with Crippen molar-refractivity contribution < 1.29 is 4.42 Å². The zero-order valence-electron chi connectivity index (χ0n) is 27.1. The second-order valence-electron chi connectivity index (χ2n) is 12.8. The third-order valence-corrected chi connectivity index (χ3v) is 11.1. The quantitative estimate of drug-likeness (QED) is 0.187. The molecule has 51 heavy (non-hydrogen) atoms. The van der Waals surface area contributed by atoms with Gasteiger partial charge in [-0.15, -0.1) is 11.3 Å². The Morgan fingerprint density at radius 1 is 0.412 bits per heavy atom. The predicted molar refractivity (Wildman–Crippen MR) is 211 cm³/mol. The van der Waals surface area contributed by atoms with Crippen LogP contribution >= 0.6 is 11.3 Å². The van der Waals surface area contributed by atoms with Crippen molar-refractivity contribution in [1.82, 2.24) is 19.5 Å². The Bertz CT molecular complexity index is 3030. The second kappa shape index (κ2) is 10.9. The molecule has 0 unspecified atom stereocenters. The van der Waals surface area contributed by atoms with E-state index in [4.69, 9.17) is 19.4 Å². The molecule has 0 aliphatic heterocycles. The molecule has 4 aromatic heterocycles. The maximum absolute atomic E-state index is 6.60. The Morgan fingerprint density at radius 2 is 0.961 bits per heavy atom. The summed E-state index contributed by atoms with van der Waals surface area (Å²) in [4.78, 5) is 14.8. The van der Waals surface area contributed by atoms with Crippen LogP contribution in [0.2, 0.25) is 0 Å². The lowest BCUT2D eigenvalue weighted by atomic mass is 10.1. The molecule has 0 atom stereocenters. The van der Waals surface area contributed by atoms with E-state index in [9.17, 15) is 0 Å². The predicted octanol–water partition coefficient (Wildman–Crippen LogP) is 12.2. The summed E-state index contributed by atoms with van der Waals surface area (Å²) < 4.78 is 11.5. The molecular formula is C45H26N4OS. The van der Waals surface area contributed by atoms with Gasteiger partial charge in [0.25, 0.3) is 0 Å². The van der Waals surface area contributed by atoms with Crippen molar-refractivity contribution in [3.05, 3.63) is 158 Å². The molecule has 0 saturated carbocycles. The Labute approximate surface area is 295 Å². The van der Waals surface area contributed by atoms with Crippen molar-refractivity contribution in [2.45, 2.75) is 0 Å². The summed E-state index contributed by atoms with van der Waals surface area (Å²) in [6.07, 6.45) is 0. The van der Waals surface area contributed by atoms with E-state index in [0.29, 0.717) is 17.5 Å². The van der Waals surface area contributed by atoms with Crippen LogP contribution in [0.25, 0.3) is 104 Å². The van der Waals surface area contributed by atoms with Crippen molar-refractivity contribution in [1.29, 1.82) is 0 Å². The van der Waals surface area contributed by atoms with Gasteiger partial charge in [0.05, 0.1) is 21.4 Å². The van der Waals surface area contributed by atoms with Gasteiger partial charge in [-0.05, 0) is 42.5 Å². The number of para-hydroxylation sites is 2. The molecule has 0 radical (unpaired) electrons. The lowest BCUT2D eigenvalue weighted by Crippen LogP contribution is -2.00. The standard InChI is InChI=1S/C45H26N4OS/c1-3-12-27(13-4-1)43-46-44(28-14-5-2-6-15-28)48-45(47-43)29-22-23-34-39(26-29)50-38-25-24-33-32-18-11-21-37(41(32)51-42(33)40(34)38)49-35-19-9-7-16-30(35)31-17-8-10-20-36(31)49/h1-26H. The highest BCUT2D eigenvalue weighted by Gasteiger charge is 2.20. The van der Waals surface area contributed by atoms with Gasteiger partial charge < -0.3 is 8.98 Å². The van der Waals surface area contributed by atoms with E-state index in [0.717, 1.165) is 38.6 Å².